The van der Waals surface area contributed by atoms with Crippen molar-refractivity contribution in [2.45, 2.75) is 31.7 Å². The normalized spacial score (nSPS) is 18.9. The molecule has 0 aromatic heterocycles. The van der Waals surface area contributed by atoms with Crippen molar-refractivity contribution in [1.82, 2.24) is 10.3 Å². The van der Waals surface area contributed by atoms with Gasteiger partial charge in [-0.1, -0.05) is 43.2 Å². The van der Waals surface area contributed by atoms with Crippen molar-refractivity contribution >= 4 is 5.91 Å². The second kappa shape index (κ2) is 6.52. The van der Waals surface area contributed by atoms with E-state index in [2.05, 4.69) is 10.3 Å². The molecule has 4 heteroatoms. The first kappa shape index (κ1) is 13.1. The number of amides is 1. The number of hydrogen-bond acceptors (Lipinski definition) is 3. The van der Waals surface area contributed by atoms with Crippen molar-refractivity contribution in [3.63, 3.8) is 0 Å². The van der Waals surface area contributed by atoms with Gasteiger partial charge in [-0.3, -0.25) is 15.1 Å². The minimum absolute atomic E-state index is 0.122. The molecule has 1 aromatic carbocycles. The number of hydrogen-bond donors (Lipinski definition) is 2. The average Bonchev–Trinajstić information content (AvgIpc) is 2.69. The maximum Gasteiger partial charge on any atom is 0.255 e. The third kappa shape index (κ3) is 3.09. The lowest BCUT2D eigenvalue weighted by Gasteiger charge is -2.29. The topological polar surface area (TPSA) is 58.4 Å². The van der Waals surface area contributed by atoms with Crippen LogP contribution in [0.5, 0.6) is 0 Å². The van der Waals surface area contributed by atoms with Crippen LogP contribution in [0.2, 0.25) is 0 Å². The highest BCUT2D eigenvalue weighted by Gasteiger charge is 2.27. The summed E-state index contributed by atoms with van der Waals surface area (Å²) in [6.07, 6.45) is 4.81. The van der Waals surface area contributed by atoms with Crippen LogP contribution in [0.4, 0.5) is 0 Å². The number of likely N-dealkylation sites (tertiary alicyclic amines) is 1. The summed E-state index contributed by atoms with van der Waals surface area (Å²) in [7, 11) is 0. The van der Waals surface area contributed by atoms with Crippen LogP contribution in [0.3, 0.4) is 0 Å². The fraction of sp³-hybridized carbons (Fsp3) is 0.500. The number of carbonyl (C=O) groups is 1. The van der Waals surface area contributed by atoms with Gasteiger partial charge in [-0.05, 0) is 31.5 Å². The molecule has 0 radical (unpaired) electrons. The van der Waals surface area contributed by atoms with Gasteiger partial charge in [0.2, 0.25) is 0 Å². The van der Waals surface area contributed by atoms with Gasteiger partial charge in [0.25, 0.3) is 5.91 Å². The first-order chi connectivity index (χ1) is 8.83. The number of nitrogens with zero attached hydrogens (tertiary/aromatic N) is 1. The molecule has 1 aromatic rings. The molecule has 18 heavy (non-hydrogen) atoms. The van der Waals surface area contributed by atoms with Crippen LogP contribution in [-0.4, -0.2) is 23.9 Å². The molecule has 4 nitrogen and oxygen atoms in total. The third-order valence-electron chi connectivity index (χ3n) is 3.51. The molecule has 0 bridgehead atoms. The summed E-state index contributed by atoms with van der Waals surface area (Å²) in [4.78, 5) is 14.3. The molecule has 1 atom stereocenters. The number of carbonyl (C=O) groups excluding carboxylic acids is 1. The molecule has 0 saturated carbocycles. The van der Waals surface area contributed by atoms with E-state index in [-0.39, 0.29) is 11.9 Å². The Labute approximate surface area is 108 Å². The van der Waals surface area contributed by atoms with Gasteiger partial charge >= 0.3 is 0 Å². The van der Waals surface area contributed by atoms with E-state index in [0.717, 1.165) is 31.5 Å². The van der Waals surface area contributed by atoms with Crippen LogP contribution in [-0.2, 0) is 4.79 Å². The Hall–Kier alpha value is -1.39. The van der Waals surface area contributed by atoms with Crippen LogP contribution >= 0.6 is 0 Å². The van der Waals surface area contributed by atoms with Crippen molar-refractivity contribution in [1.29, 1.82) is 0 Å². The van der Waals surface area contributed by atoms with E-state index >= 15 is 0 Å². The van der Waals surface area contributed by atoms with E-state index in [1.54, 1.807) is 0 Å². The molecule has 1 unspecified atom stereocenters. The van der Waals surface area contributed by atoms with Crippen molar-refractivity contribution in [2.24, 2.45) is 5.84 Å². The predicted octanol–water partition coefficient (Wildman–Crippen LogP) is 1.59. The molecule has 1 fully saturated rings. The molecule has 1 aliphatic heterocycles. The maximum absolute atomic E-state index is 12.0. The molecule has 98 valence electrons. The molecule has 0 spiro atoms. The summed E-state index contributed by atoms with van der Waals surface area (Å²) in [5, 5.41) is 0. The van der Waals surface area contributed by atoms with Gasteiger partial charge in [0.1, 0.15) is 6.04 Å². The van der Waals surface area contributed by atoms with Crippen molar-refractivity contribution in [3.8, 4) is 0 Å². The van der Waals surface area contributed by atoms with E-state index in [9.17, 15) is 4.79 Å². The maximum atomic E-state index is 12.0. The molecule has 2 rings (SSSR count). The number of benzene rings is 1. The summed E-state index contributed by atoms with van der Waals surface area (Å²) < 4.78 is 0. The van der Waals surface area contributed by atoms with Crippen LogP contribution in [0.1, 0.15) is 37.3 Å². The highest BCUT2D eigenvalue weighted by atomic mass is 16.2. The van der Waals surface area contributed by atoms with Gasteiger partial charge < -0.3 is 0 Å². The molecule has 1 aliphatic rings. The molecule has 1 amide bonds. The number of nitrogens with two attached hydrogens (primary N) is 1. The lowest BCUT2D eigenvalue weighted by molar-refractivity contribution is -0.126. The number of nitrogens with one attached hydrogen (secondary N) is 1. The van der Waals surface area contributed by atoms with E-state index in [4.69, 9.17) is 5.84 Å². The Kier molecular flexibility index (Phi) is 4.73. The van der Waals surface area contributed by atoms with Crippen LogP contribution in [0.15, 0.2) is 30.3 Å². The van der Waals surface area contributed by atoms with Gasteiger partial charge in [0.05, 0.1) is 0 Å². The number of rotatable bonds is 3. The lowest BCUT2D eigenvalue weighted by Crippen LogP contribution is -2.43. The van der Waals surface area contributed by atoms with Crippen LogP contribution < -0.4 is 11.3 Å². The second-order valence-electron chi connectivity index (χ2n) is 4.77. The van der Waals surface area contributed by atoms with Gasteiger partial charge in [0, 0.05) is 0 Å². The summed E-state index contributed by atoms with van der Waals surface area (Å²) in [6.45, 7) is 1.93. The molecule has 0 aliphatic carbocycles. The van der Waals surface area contributed by atoms with E-state index in [0.29, 0.717) is 0 Å². The predicted molar refractivity (Wildman–Crippen MR) is 71.6 cm³/mol. The summed E-state index contributed by atoms with van der Waals surface area (Å²) >= 11 is 0. The zero-order valence-electron chi connectivity index (χ0n) is 10.6. The zero-order chi connectivity index (χ0) is 12.8. The van der Waals surface area contributed by atoms with Crippen molar-refractivity contribution < 1.29 is 4.79 Å². The first-order valence-electron chi connectivity index (χ1n) is 6.62. The smallest absolute Gasteiger partial charge is 0.255 e. The van der Waals surface area contributed by atoms with Crippen molar-refractivity contribution in [3.05, 3.63) is 35.9 Å². The van der Waals surface area contributed by atoms with Crippen LogP contribution in [0.25, 0.3) is 0 Å². The Morgan fingerprint density at radius 1 is 1.11 bits per heavy atom. The highest BCUT2D eigenvalue weighted by molar-refractivity contribution is 5.82. The van der Waals surface area contributed by atoms with Gasteiger partial charge in [-0.25, -0.2) is 5.84 Å². The first-order valence-corrected chi connectivity index (χ1v) is 6.62. The van der Waals surface area contributed by atoms with E-state index < -0.39 is 0 Å². The van der Waals surface area contributed by atoms with Crippen LogP contribution in [0, 0.1) is 0 Å². The quantitative estimate of drug-likeness (QED) is 0.484. The molecular formula is C14H21N3O. The molecule has 1 saturated heterocycles. The largest absolute Gasteiger partial charge is 0.293 e. The number of hydrazine groups is 1. The average molecular weight is 247 g/mol. The Morgan fingerprint density at radius 3 is 2.28 bits per heavy atom. The summed E-state index contributed by atoms with van der Waals surface area (Å²) in [5.74, 6) is 5.21. The minimum Gasteiger partial charge on any atom is -0.293 e. The minimum atomic E-state index is -0.255. The van der Waals surface area contributed by atoms with Gasteiger partial charge in [0.15, 0.2) is 0 Å². The standard InChI is InChI=1S/C14H21N3O/c15-16-14(18)13(12-8-4-3-5-9-12)17-10-6-1-2-7-11-17/h3-5,8-9,13H,1-2,6-7,10-11,15H2,(H,16,18). The Morgan fingerprint density at radius 2 is 1.72 bits per heavy atom. The summed E-state index contributed by atoms with van der Waals surface area (Å²) in [5.41, 5.74) is 3.32. The fourth-order valence-corrected chi connectivity index (χ4v) is 2.60. The monoisotopic (exact) mass is 247 g/mol. The van der Waals surface area contributed by atoms with Gasteiger partial charge in [-0.15, -0.1) is 0 Å². The fourth-order valence-electron chi connectivity index (χ4n) is 2.60. The van der Waals surface area contributed by atoms with Crippen molar-refractivity contribution in [2.75, 3.05) is 13.1 Å². The molecular weight excluding hydrogens is 226 g/mol. The molecule has 1 heterocycles. The SMILES string of the molecule is NNC(=O)C(c1ccccc1)N1CCCCCC1. The third-order valence-corrected chi connectivity index (χ3v) is 3.51. The van der Waals surface area contributed by atoms with E-state index in [1.165, 1.54) is 12.8 Å². The van der Waals surface area contributed by atoms with Gasteiger partial charge in [-0.2, -0.15) is 0 Å². The highest BCUT2D eigenvalue weighted by Crippen LogP contribution is 2.24. The molecule has 3 N–H and O–H groups in total. The summed E-state index contributed by atoms with van der Waals surface area (Å²) in [6, 6.07) is 9.61. The lowest BCUT2D eigenvalue weighted by atomic mass is 10.0. The second-order valence-corrected chi connectivity index (χ2v) is 4.77. The van der Waals surface area contributed by atoms with E-state index in [1.807, 2.05) is 30.3 Å². The Bertz CT molecular complexity index is 372. The Balaban J connectivity index is 2.21. The zero-order valence-corrected chi connectivity index (χ0v) is 10.6.